The zero-order valence-electron chi connectivity index (χ0n) is 15.1. The van der Waals surface area contributed by atoms with Crippen LogP contribution in [0.15, 0.2) is 36.7 Å². The Hall–Kier alpha value is -3.06. The maximum absolute atomic E-state index is 10.6. The van der Waals surface area contributed by atoms with Crippen LogP contribution in [-0.4, -0.2) is 42.9 Å². The van der Waals surface area contributed by atoms with E-state index < -0.39 is 0 Å². The molecule has 0 atom stereocenters. The molecule has 5 rings (SSSR count). The fourth-order valence-corrected chi connectivity index (χ4v) is 3.79. The van der Waals surface area contributed by atoms with E-state index in [1.54, 1.807) is 17.1 Å². The first-order valence-corrected chi connectivity index (χ1v) is 9.19. The quantitative estimate of drug-likeness (QED) is 0.571. The molecule has 0 radical (unpaired) electrons. The van der Waals surface area contributed by atoms with Gasteiger partial charge < -0.3 is 10.4 Å². The Bertz CT molecular complexity index is 1150. The van der Waals surface area contributed by atoms with E-state index in [4.69, 9.17) is 4.98 Å². The fourth-order valence-electron chi connectivity index (χ4n) is 3.79. The molecular formula is C20H20N6O. The van der Waals surface area contributed by atoms with Gasteiger partial charge in [0.15, 0.2) is 5.82 Å². The van der Waals surface area contributed by atoms with Crippen LogP contribution >= 0.6 is 0 Å². The van der Waals surface area contributed by atoms with Crippen molar-refractivity contribution >= 4 is 21.9 Å². The molecule has 1 aromatic carbocycles. The van der Waals surface area contributed by atoms with Crippen molar-refractivity contribution in [3.8, 4) is 17.1 Å². The van der Waals surface area contributed by atoms with Gasteiger partial charge in [-0.15, -0.1) is 0 Å². The molecule has 0 aliphatic carbocycles. The lowest BCUT2D eigenvalue weighted by Gasteiger charge is -2.22. The Balaban J connectivity index is 1.55. The van der Waals surface area contributed by atoms with Crippen molar-refractivity contribution in [3.63, 3.8) is 0 Å². The van der Waals surface area contributed by atoms with Gasteiger partial charge in [-0.05, 0) is 50.2 Å². The molecule has 136 valence electrons. The number of piperidine rings is 1. The zero-order valence-corrected chi connectivity index (χ0v) is 15.1. The summed E-state index contributed by atoms with van der Waals surface area (Å²) in [5.41, 5.74) is 4.02. The molecule has 0 spiro atoms. The SMILES string of the molecule is Cn1cc2c(O)c(-c3ncc4nc(C5CCNCC5)ccc4n3)ccc2n1. The van der Waals surface area contributed by atoms with Crippen molar-refractivity contribution in [2.24, 2.45) is 7.05 Å². The first-order valence-electron chi connectivity index (χ1n) is 9.19. The molecule has 4 heterocycles. The third kappa shape index (κ3) is 2.80. The molecule has 1 aliphatic rings. The largest absolute Gasteiger partial charge is 0.506 e. The molecule has 1 fully saturated rings. The number of nitrogens with zero attached hydrogens (tertiary/aromatic N) is 5. The molecule has 0 unspecified atom stereocenters. The standard InChI is InChI=1S/C20H20N6O/c1-26-11-14-16(25-26)3-2-13(19(14)27)20-22-10-18-17(24-20)5-4-15(23-18)12-6-8-21-9-7-12/h2-5,10-12,21,27H,6-9H2,1H3. The van der Waals surface area contributed by atoms with Crippen molar-refractivity contribution in [1.29, 1.82) is 0 Å². The number of rotatable bonds is 2. The molecule has 0 saturated carbocycles. The lowest BCUT2D eigenvalue weighted by molar-refractivity contribution is 0.454. The van der Waals surface area contributed by atoms with Crippen molar-refractivity contribution < 1.29 is 5.11 Å². The molecule has 1 aliphatic heterocycles. The predicted octanol–water partition coefficient (Wildman–Crippen LogP) is 2.75. The number of fused-ring (bicyclic) bond motifs is 2. The average molecular weight is 360 g/mol. The second-order valence-corrected chi connectivity index (χ2v) is 7.06. The summed E-state index contributed by atoms with van der Waals surface area (Å²) in [6.45, 7) is 2.08. The summed E-state index contributed by atoms with van der Waals surface area (Å²) in [6, 6.07) is 7.75. The summed E-state index contributed by atoms with van der Waals surface area (Å²) in [4.78, 5) is 13.9. The highest BCUT2D eigenvalue weighted by atomic mass is 16.3. The van der Waals surface area contributed by atoms with Gasteiger partial charge >= 0.3 is 0 Å². The number of aryl methyl sites for hydroxylation is 1. The second-order valence-electron chi connectivity index (χ2n) is 7.06. The summed E-state index contributed by atoms with van der Waals surface area (Å²) in [6.07, 6.45) is 5.75. The first kappa shape index (κ1) is 16.1. The number of hydrogen-bond acceptors (Lipinski definition) is 6. The molecular weight excluding hydrogens is 340 g/mol. The Morgan fingerprint density at radius 2 is 1.85 bits per heavy atom. The zero-order chi connectivity index (χ0) is 18.4. The summed E-state index contributed by atoms with van der Waals surface area (Å²) in [7, 11) is 1.83. The van der Waals surface area contributed by atoms with Crippen molar-refractivity contribution in [3.05, 3.63) is 42.4 Å². The Morgan fingerprint density at radius 3 is 2.70 bits per heavy atom. The minimum atomic E-state index is 0.152. The van der Waals surface area contributed by atoms with Gasteiger partial charge in [0, 0.05) is 24.9 Å². The van der Waals surface area contributed by atoms with Gasteiger partial charge in [-0.3, -0.25) is 4.68 Å². The minimum Gasteiger partial charge on any atom is -0.506 e. The lowest BCUT2D eigenvalue weighted by atomic mass is 9.94. The Kier molecular flexibility index (Phi) is 3.75. The number of phenolic OH excluding ortho intramolecular Hbond substituents is 1. The number of aromatic nitrogens is 5. The summed E-state index contributed by atoms with van der Waals surface area (Å²) in [5.74, 6) is 1.13. The van der Waals surface area contributed by atoms with E-state index in [-0.39, 0.29) is 5.75 Å². The molecule has 0 bridgehead atoms. The number of nitrogens with one attached hydrogen (secondary N) is 1. The number of benzene rings is 1. The van der Waals surface area contributed by atoms with Crippen molar-refractivity contribution in [2.45, 2.75) is 18.8 Å². The van der Waals surface area contributed by atoms with Crippen molar-refractivity contribution in [2.75, 3.05) is 13.1 Å². The Labute approximate surface area is 156 Å². The molecule has 2 N–H and O–H groups in total. The smallest absolute Gasteiger partial charge is 0.163 e. The highest BCUT2D eigenvalue weighted by molar-refractivity contribution is 5.91. The van der Waals surface area contributed by atoms with Gasteiger partial charge in [0.25, 0.3) is 0 Å². The highest BCUT2D eigenvalue weighted by Gasteiger charge is 2.18. The van der Waals surface area contributed by atoms with E-state index in [1.807, 2.05) is 25.2 Å². The third-order valence-electron chi connectivity index (χ3n) is 5.23. The van der Waals surface area contributed by atoms with Crippen LogP contribution in [0.1, 0.15) is 24.5 Å². The monoisotopic (exact) mass is 360 g/mol. The van der Waals surface area contributed by atoms with E-state index in [2.05, 4.69) is 26.4 Å². The molecule has 27 heavy (non-hydrogen) atoms. The van der Waals surface area contributed by atoms with Crippen LogP contribution in [0.3, 0.4) is 0 Å². The topological polar surface area (TPSA) is 88.8 Å². The van der Waals surface area contributed by atoms with E-state index in [9.17, 15) is 5.11 Å². The van der Waals surface area contributed by atoms with Gasteiger partial charge in [-0.1, -0.05) is 0 Å². The Morgan fingerprint density at radius 1 is 1.04 bits per heavy atom. The summed E-state index contributed by atoms with van der Waals surface area (Å²) in [5, 5.41) is 19.0. The molecule has 3 aromatic heterocycles. The van der Waals surface area contributed by atoms with Gasteiger partial charge in [0.2, 0.25) is 0 Å². The predicted molar refractivity (Wildman–Crippen MR) is 104 cm³/mol. The fraction of sp³-hybridized carbons (Fsp3) is 0.300. The molecule has 4 aromatic rings. The van der Waals surface area contributed by atoms with Crippen LogP contribution in [-0.2, 0) is 7.05 Å². The van der Waals surface area contributed by atoms with Crippen LogP contribution in [0.25, 0.3) is 33.3 Å². The number of hydrogen-bond donors (Lipinski definition) is 2. The van der Waals surface area contributed by atoms with Crippen LogP contribution in [0, 0.1) is 0 Å². The molecule has 7 nitrogen and oxygen atoms in total. The van der Waals surface area contributed by atoms with Crippen LogP contribution in [0.5, 0.6) is 5.75 Å². The average Bonchev–Trinajstić information content (AvgIpc) is 3.09. The van der Waals surface area contributed by atoms with Gasteiger partial charge in [0.1, 0.15) is 11.3 Å². The molecule has 7 heteroatoms. The van der Waals surface area contributed by atoms with Crippen molar-refractivity contribution in [1.82, 2.24) is 30.0 Å². The normalized spacial score (nSPS) is 15.6. The summed E-state index contributed by atoms with van der Waals surface area (Å²) >= 11 is 0. The van der Waals surface area contributed by atoms with Crippen LogP contribution in [0.4, 0.5) is 0 Å². The van der Waals surface area contributed by atoms with Crippen LogP contribution < -0.4 is 5.32 Å². The third-order valence-corrected chi connectivity index (χ3v) is 5.23. The summed E-state index contributed by atoms with van der Waals surface area (Å²) < 4.78 is 1.68. The van der Waals surface area contributed by atoms with E-state index >= 15 is 0 Å². The highest BCUT2D eigenvalue weighted by Crippen LogP contribution is 2.34. The van der Waals surface area contributed by atoms with E-state index in [0.29, 0.717) is 22.7 Å². The van der Waals surface area contributed by atoms with Gasteiger partial charge in [0.05, 0.1) is 28.2 Å². The maximum Gasteiger partial charge on any atom is 0.163 e. The van der Waals surface area contributed by atoms with Crippen LogP contribution in [0.2, 0.25) is 0 Å². The molecule has 1 saturated heterocycles. The number of aromatic hydroxyl groups is 1. The number of pyridine rings is 1. The maximum atomic E-state index is 10.6. The lowest BCUT2D eigenvalue weighted by Crippen LogP contribution is -2.27. The van der Waals surface area contributed by atoms with Gasteiger partial charge in [-0.2, -0.15) is 5.10 Å². The van der Waals surface area contributed by atoms with E-state index in [0.717, 1.165) is 48.2 Å². The number of phenols is 1. The first-order chi connectivity index (χ1) is 13.2. The minimum absolute atomic E-state index is 0.152. The second kappa shape index (κ2) is 6.28. The molecule has 0 amide bonds. The van der Waals surface area contributed by atoms with E-state index in [1.165, 1.54) is 0 Å². The van der Waals surface area contributed by atoms with Gasteiger partial charge in [-0.25, -0.2) is 15.0 Å².